The smallest absolute Gasteiger partial charge is 0.345 e. The average molecular weight is 445 g/mol. The van der Waals surface area contributed by atoms with E-state index in [-0.39, 0.29) is 18.3 Å². The number of hydrogen-bond acceptors (Lipinski definition) is 5. The molecule has 0 amide bonds. The van der Waals surface area contributed by atoms with E-state index in [9.17, 15) is 9.90 Å². The van der Waals surface area contributed by atoms with Crippen molar-refractivity contribution < 1.29 is 9.84 Å². The molecule has 2 aromatic rings. The van der Waals surface area contributed by atoms with Crippen molar-refractivity contribution >= 4 is 5.96 Å². The first-order valence-corrected chi connectivity index (χ1v) is 11.6. The molecule has 0 saturated heterocycles. The van der Waals surface area contributed by atoms with Gasteiger partial charge in [-0.2, -0.15) is 5.10 Å². The number of fused-ring (bicyclic) bond motifs is 1. The number of rotatable bonds is 10. The van der Waals surface area contributed by atoms with Gasteiger partial charge in [-0.3, -0.25) is 9.56 Å². The van der Waals surface area contributed by atoms with Crippen molar-refractivity contribution in [3.8, 4) is 5.75 Å². The van der Waals surface area contributed by atoms with Gasteiger partial charge in [0.2, 0.25) is 0 Å². The molecule has 3 N–H and O–H groups in total. The van der Waals surface area contributed by atoms with Crippen LogP contribution in [0.1, 0.15) is 57.5 Å². The minimum atomic E-state index is -0.725. The first kappa shape index (κ1) is 23.8. The number of aryl methyl sites for hydroxylation is 2. The van der Waals surface area contributed by atoms with E-state index in [2.05, 4.69) is 20.7 Å². The summed E-state index contributed by atoms with van der Waals surface area (Å²) in [5.41, 5.74) is 0.762. The lowest BCUT2D eigenvalue weighted by molar-refractivity contribution is 0.185. The standard InChI is InChI=1S/C23H36N6O3/c1-4-24-22(26-16-20(30)18-9-7-10-19(15-18)32-17(2)3)25-12-8-14-29-23(31)28-13-6-5-11-21(28)27-29/h7,9-10,15,17,20,30H,4-6,8,11-14,16H2,1-3H3,(H2,24,25,26). The zero-order chi connectivity index (χ0) is 22.9. The van der Waals surface area contributed by atoms with Crippen LogP contribution in [-0.4, -0.2) is 51.2 Å². The largest absolute Gasteiger partial charge is 0.491 e. The summed E-state index contributed by atoms with van der Waals surface area (Å²) in [7, 11) is 0. The minimum absolute atomic E-state index is 0.00734. The van der Waals surface area contributed by atoms with Gasteiger partial charge >= 0.3 is 5.69 Å². The Morgan fingerprint density at radius 1 is 1.31 bits per heavy atom. The molecule has 176 valence electrons. The van der Waals surface area contributed by atoms with Crippen LogP contribution in [0.5, 0.6) is 5.75 Å². The Hall–Kier alpha value is -2.81. The number of nitrogens with one attached hydrogen (secondary N) is 2. The minimum Gasteiger partial charge on any atom is -0.491 e. The highest BCUT2D eigenvalue weighted by molar-refractivity contribution is 5.79. The van der Waals surface area contributed by atoms with Crippen LogP contribution in [0.3, 0.4) is 0 Å². The van der Waals surface area contributed by atoms with Crippen molar-refractivity contribution in [2.24, 2.45) is 4.99 Å². The maximum atomic E-state index is 12.4. The van der Waals surface area contributed by atoms with Gasteiger partial charge in [-0.05, 0) is 57.7 Å². The molecule has 0 bridgehead atoms. The molecular formula is C23H36N6O3. The molecule has 0 aliphatic carbocycles. The molecule has 1 aliphatic rings. The predicted octanol–water partition coefficient (Wildman–Crippen LogP) is 1.85. The van der Waals surface area contributed by atoms with Crippen LogP contribution in [0.2, 0.25) is 0 Å². The summed E-state index contributed by atoms with van der Waals surface area (Å²) < 4.78 is 9.07. The maximum Gasteiger partial charge on any atom is 0.345 e. The number of guanidine groups is 1. The van der Waals surface area contributed by atoms with Crippen molar-refractivity contribution in [1.82, 2.24) is 25.0 Å². The molecule has 0 saturated carbocycles. The topological polar surface area (TPSA) is 106 Å². The second-order valence-corrected chi connectivity index (χ2v) is 8.29. The lowest BCUT2D eigenvalue weighted by Crippen LogP contribution is -2.38. The van der Waals surface area contributed by atoms with E-state index in [0.29, 0.717) is 25.6 Å². The van der Waals surface area contributed by atoms with E-state index in [0.717, 1.165) is 49.4 Å². The first-order valence-electron chi connectivity index (χ1n) is 11.6. The zero-order valence-electron chi connectivity index (χ0n) is 19.4. The number of aliphatic hydroxyl groups excluding tert-OH is 1. The summed E-state index contributed by atoms with van der Waals surface area (Å²) in [6.07, 6.45) is 3.13. The predicted molar refractivity (Wildman–Crippen MR) is 125 cm³/mol. The molecule has 1 atom stereocenters. The summed E-state index contributed by atoms with van der Waals surface area (Å²) in [5.74, 6) is 2.28. The van der Waals surface area contributed by atoms with Gasteiger partial charge < -0.3 is 20.5 Å². The second-order valence-electron chi connectivity index (χ2n) is 8.29. The molecule has 0 fully saturated rings. The Labute approximate surface area is 189 Å². The molecule has 9 heteroatoms. The van der Waals surface area contributed by atoms with Crippen LogP contribution in [0.4, 0.5) is 0 Å². The van der Waals surface area contributed by atoms with Crippen LogP contribution in [0.15, 0.2) is 34.1 Å². The quantitative estimate of drug-likeness (QED) is 0.293. The van der Waals surface area contributed by atoms with Crippen molar-refractivity contribution in [3.63, 3.8) is 0 Å². The third-order valence-electron chi connectivity index (χ3n) is 5.25. The third kappa shape index (κ3) is 6.59. The van der Waals surface area contributed by atoms with Gasteiger partial charge in [-0.15, -0.1) is 0 Å². The number of aliphatic imine (C=N–C) groups is 1. The average Bonchev–Trinajstić information content (AvgIpc) is 3.10. The zero-order valence-corrected chi connectivity index (χ0v) is 19.4. The van der Waals surface area contributed by atoms with Crippen molar-refractivity contribution in [2.75, 3.05) is 19.6 Å². The first-order chi connectivity index (χ1) is 15.5. The lowest BCUT2D eigenvalue weighted by atomic mass is 10.1. The number of aromatic nitrogens is 3. The molecule has 1 aromatic carbocycles. The fourth-order valence-corrected chi connectivity index (χ4v) is 3.72. The van der Waals surface area contributed by atoms with E-state index in [1.165, 1.54) is 0 Å². The summed E-state index contributed by atoms with van der Waals surface area (Å²) in [5, 5.41) is 21.5. The van der Waals surface area contributed by atoms with E-state index in [1.807, 2.05) is 45.0 Å². The van der Waals surface area contributed by atoms with E-state index < -0.39 is 6.10 Å². The molecule has 0 radical (unpaired) electrons. The highest BCUT2D eigenvalue weighted by atomic mass is 16.5. The maximum absolute atomic E-state index is 12.4. The number of nitrogens with zero attached hydrogens (tertiary/aromatic N) is 4. The third-order valence-corrected chi connectivity index (χ3v) is 5.25. The van der Waals surface area contributed by atoms with Crippen LogP contribution in [0, 0.1) is 0 Å². The fourth-order valence-electron chi connectivity index (χ4n) is 3.72. The van der Waals surface area contributed by atoms with Gasteiger partial charge in [0.25, 0.3) is 0 Å². The SMILES string of the molecule is CCNC(=NCC(O)c1cccc(OC(C)C)c1)NCCCn1nc2n(c1=O)CCCC2. The normalized spacial score (nSPS) is 14.8. The van der Waals surface area contributed by atoms with Crippen LogP contribution in [0.25, 0.3) is 0 Å². The molecule has 32 heavy (non-hydrogen) atoms. The summed E-state index contributed by atoms with van der Waals surface area (Å²) >= 11 is 0. The molecule has 3 rings (SSSR count). The van der Waals surface area contributed by atoms with Crippen LogP contribution < -0.4 is 21.1 Å². The van der Waals surface area contributed by atoms with Gasteiger partial charge in [0.05, 0.1) is 18.8 Å². The Kier molecular flexibility index (Phi) is 8.72. The van der Waals surface area contributed by atoms with Gasteiger partial charge in [0.1, 0.15) is 11.6 Å². The van der Waals surface area contributed by atoms with E-state index >= 15 is 0 Å². The molecule has 2 heterocycles. The second kappa shape index (κ2) is 11.7. The van der Waals surface area contributed by atoms with Crippen molar-refractivity contribution in [3.05, 3.63) is 46.1 Å². The Balaban J connectivity index is 1.50. The Morgan fingerprint density at radius 3 is 2.91 bits per heavy atom. The summed E-state index contributed by atoms with van der Waals surface area (Å²) in [4.78, 5) is 16.9. The van der Waals surface area contributed by atoms with Crippen LogP contribution in [-0.2, 0) is 19.5 Å². The molecule has 1 aromatic heterocycles. The monoisotopic (exact) mass is 444 g/mol. The highest BCUT2D eigenvalue weighted by Crippen LogP contribution is 2.20. The summed E-state index contributed by atoms with van der Waals surface area (Å²) in [6, 6.07) is 7.48. The molecule has 1 unspecified atom stereocenters. The van der Waals surface area contributed by atoms with Crippen LogP contribution >= 0.6 is 0 Å². The van der Waals surface area contributed by atoms with Gasteiger partial charge in [0, 0.05) is 32.6 Å². The van der Waals surface area contributed by atoms with Gasteiger partial charge in [0.15, 0.2) is 5.96 Å². The van der Waals surface area contributed by atoms with Crippen molar-refractivity contribution in [1.29, 1.82) is 0 Å². The highest BCUT2D eigenvalue weighted by Gasteiger charge is 2.16. The van der Waals surface area contributed by atoms with Crippen molar-refractivity contribution in [2.45, 2.75) is 71.8 Å². The molecule has 0 spiro atoms. The number of benzene rings is 1. The van der Waals surface area contributed by atoms with Gasteiger partial charge in [-0.25, -0.2) is 9.48 Å². The Morgan fingerprint density at radius 2 is 2.16 bits per heavy atom. The fraction of sp³-hybridized carbons (Fsp3) is 0.609. The summed E-state index contributed by atoms with van der Waals surface area (Å²) in [6.45, 7) is 8.87. The number of ether oxygens (including phenoxy) is 1. The Bertz CT molecular complexity index is 949. The van der Waals surface area contributed by atoms with E-state index in [1.54, 1.807) is 9.25 Å². The number of aliphatic hydroxyl groups is 1. The lowest BCUT2D eigenvalue weighted by Gasteiger charge is -2.15. The molecule has 9 nitrogen and oxygen atoms in total. The molecule has 1 aliphatic heterocycles. The molecular weight excluding hydrogens is 408 g/mol. The van der Waals surface area contributed by atoms with Gasteiger partial charge in [-0.1, -0.05) is 12.1 Å². The number of hydrogen-bond donors (Lipinski definition) is 3. The van der Waals surface area contributed by atoms with E-state index in [4.69, 9.17) is 4.74 Å².